The Labute approximate surface area is 138 Å². The summed E-state index contributed by atoms with van der Waals surface area (Å²) in [5.41, 5.74) is -0.852. The number of alkyl carbamates (subject to hydrolysis) is 1. The first-order valence-electron chi connectivity index (χ1n) is 7.76. The van der Waals surface area contributed by atoms with Crippen molar-refractivity contribution in [1.29, 1.82) is 0 Å². The van der Waals surface area contributed by atoms with E-state index in [9.17, 15) is 28.3 Å². The van der Waals surface area contributed by atoms with Crippen LogP contribution in [0.4, 0.5) is 13.6 Å². The number of carbonyl (C=O) groups excluding carboxylic acids is 2. The third-order valence-corrected chi connectivity index (χ3v) is 4.74. The fourth-order valence-electron chi connectivity index (χ4n) is 3.69. The molecule has 1 heterocycles. The van der Waals surface area contributed by atoms with Crippen LogP contribution in [0, 0.1) is 11.3 Å². The van der Waals surface area contributed by atoms with Crippen molar-refractivity contribution in [2.24, 2.45) is 11.3 Å². The van der Waals surface area contributed by atoms with Gasteiger partial charge in [-0.1, -0.05) is 13.8 Å². The lowest BCUT2D eigenvalue weighted by Crippen LogP contribution is -2.54. The van der Waals surface area contributed by atoms with E-state index in [2.05, 4.69) is 10.1 Å². The summed E-state index contributed by atoms with van der Waals surface area (Å²) >= 11 is 0. The average Bonchev–Trinajstić information content (AvgIpc) is 2.82. The van der Waals surface area contributed by atoms with Gasteiger partial charge in [0.2, 0.25) is 11.8 Å². The number of halogens is 2. The van der Waals surface area contributed by atoms with Crippen molar-refractivity contribution < 1.29 is 33.0 Å². The van der Waals surface area contributed by atoms with Crippen molar-refractivity contribution in [3.8, 4) is 0 Å². The van der Waals surface area contributed by atoms with Gasteiger partial charge in [-0.25, -0.2) is 18.4 Å². The molecule has 0 bridgehead atoms. The van der Waals surface area contributed by atoms with Crippen LogP contribution in [-0.4, -0.2) is 59.6 Å². The van der Waals surface area contributed by atoms with E-state index in [1.165, 1.54) is 0 Å². The van der Waals surface area contributed by atoms with Crippen molar-refractivity contribution >= 4 is 18.0 Å². The van der Waals surface area contributed by atoms with Gasteiger partial charge in [0.25, 0.3) is 0 Å². The minimum Gasteiger partial charge on any atom is -0.480 e. The van der Waals surface area contributed by atoms with E-state index < -0.39 is 54.2 Å². The molecule has 2 fully saturated rings. The molecule has 1 saturated carbocycles. The summed E-state index contributed by atoms with van der Waals surface area (Å²) in [5.74, 6) is -4.93. The van der Waals surface area contributed by atoms with Crippen LogP contribution in [0.25, 0.3) is 0 Å². The number of hydrogen-bond acceptors (Lipinski definition) is 4. The van der Waals surface area contributed by atoms with Crippen molar-refractivity contribution in [2.75, 3.05) is 13.7 Å². The van der Waals surface area contributed by atoms with Crippen molar-refractivity contribution in [1.82, 2.24) is 10.2 Å². The van der Waals surface area contributed by atoms with Crippen LogP contribution < -0.4 is 5.32 Å². The Hall–Kier alpha value is -1.93. The molecule has 24 heavy (non-hydrogen) atoms. The average molecular weight is 348 g/mol. The minimum absolute atomic E-state index is 0.00665. The zero-order valence-corrected chi connectivity index (χ0v) is 13.8. The first-order chi connectivity index (χ1) is 11.0. The van der Waals surface area contributed by atoms with Gasteiger partial charge in [-0.3, -0.25) is 4.79 Å². The van der Waals surface area contributed by atoms with Crippen molar-refractivity contribution in [3.05, 3.63) is 0 Å². The van der Waals surface area contributed by atoms with Crippen LogP contribution in [0.3, 0.4) is 0 Å². The number of alkyl halides is 2. The SMILES string of the molecule is COC(=O)N[C@H](C(=O)N1CC2(C[C@H]1C(=O)O)CC(F)(F)C2)C(C)C. The molecule has 0 aromatic heterocycles. The van der Waals surface area contributed by atoms with Gasteiger partial charge in [-0.05, 0) is 12.3 Å². The van der Waals surface area contributed by atoms with E-state index in [1.807, 2.05) is 0 Å². The molecule has 2 atom stereocenters. The summed E-state index contributed by atoms with van der Waals surface area (Å²) in [4.78, 5) is 36.8. The molecule has 1 saturated heterocycles. The Bertz CT molecular complexity index is 544. The highest BCUT2D eigenvalue weighted by atomic mass is 19.3. The fourth-order valence-corrected chi connectivity index (χ4v) is 3.69. The van der Waals surface area contributed by atoms with E-state index in [1.54, 1.807) is 13.8 Å². The minimum atomic E-state index is -2.80. The van der Waals surface area contributed by atoms with E-state index in [4.69, 9.17) is 0 Å². The summed E-state index contributed by atoms with van der Waals surface area (Å²) in [6, 6.07) is -2.13. The second-order valence-corrected chi connectivity index (χ2v) is 7.09. The van der Waals surface area contributed by atoms with Crippen molar-refractivity contribution in [3.63, 3.8) is 0 Å². The van der Waals surface area contributed by atoms with Gasteiger partial charge in [0.1, 0.15) is 12.1 Å². The highest BCUT2D eigenvalue weighted by molar-refractivity contribution is 5.90. The summed E-state index contributed by atoms with van der Waals surface area (Å²) < 4.78 is 31.0. The highest BCUT2D eigenvalue weighted by Gasteiger charge is 2.63. The molecule has 0 radical (unpaired) electrons. The predicted octanol–water partition coefficient (Wildman–Crippen LogP) is 1.47. The largest absolute Gasteiger partial charge is 0.480 e. The quantitative estimate of drug-likeness (QED) is 0.802. The molecule has 9 heteroatoms. The number of ether oxygens (including phenoxy) is 1. The first-order valence-corrected chi connectivity index (χ1v) is 7.76. The summed E-state index contributed by atoms with van der Waals surface area (Å²) in [7, 11) is 1.15. The number of aliphatic carboxylic acids is 1. The maximum absolute atomic E-state index is 13.3. The molecule has 1 aliphatic carbocycles. The molecular weight excluding hydrogens is 326 g/mol. The lowest BCUT2D eigenvalue weighted by atomic mass is 9.65. The molecule has 1 spiro atoms. The van der Waals surface area contributed by atoms with Gasteiger partial charge in [-0.2, -0.15) is 0 Å². The Morgan fingerprint density at radius 2 is 1.88 bits per heavy atom. The van der Waals surface area contributed by atoms with E-state index >= 15 is 0 Å². The van der Waals surface area contributed by atoms with Crippen LogP contribution in [0.15, 0.2) is 0 Å². The molecular formula is C15H22F2N2O5. The van der Waals surface area contributed by atoms with Crippen LogP contribution in [0.1, 0.15) is 33.1 Å². The predicted molar refractivity (Wildman–Crippen MR) is 78.5 cm³/mol. The topological polar surface area (TPSA) is 95.9 Å². The van der Waals surface area contributed by atoms with E-state index in [0.717, 1.165) is 12.0 Å². The lowest BCUT2D eigenvalue weighted by Gasteiger charge is -2.44. The number of methoxy groups -OCH3 is 1. The molecule has 1 aliphatic heterocycles. The molecule has 0 aromatic rings. The summed E-state index contributed by atoms with van der Waals surface area (Å²) in [5, 5.41) is 11.8. The molecule has 0 aromatic carbocycles. The number of nitrogens with zero attached hydrogens (tertiary/aromatic N) is 1. The number of likely N-dealkylation sites (tertiary alicyclic amines) is 1. The van der Waals surface area contributed by atoms with Gasteiger partial charge in [-0.15, -0.1) is 0 Å². The number of rotatable bonds is 4. The number of carboxylic acids is 1. The molecule has 2 rings (SSSR count). The van der Waals surface area contributed by atoms with E-state index in [0.29, 0.717) is 0 Å². The monoisotopic (exact) mass is 348 g/mol. The zero-order chi connectivity index (χ0) is 18.3. The number of carbonyl (C=O) groups is 3. The summed E-state index contributed by atoms with van der Waals surface area (Å²) in [6.45, 7) is 3.35. The smallest absolute Gasteiger partial charge is 0.407 e. The molecule has 0 unspecified atom stereocenters. The molecule has 2 aliphatic rings. The first kappa shape index (κ1) is 18.4. The maximum atomic E-state index is 13.3. The van der Waals surface area contributed by atoms with Gasteiger partial charge in [0, 0.05) is 24.8 Å². The number of amides is 2. The fraction of sp³-hybridized carbons (Fsp3) is 0.800. The number of carboxylic acid groups (broad SMARTS) is 1. The third-order valence-electron chi connectivity index (χ3n) is 4.74. The van der Waals surface area contributed by atoms with Crippen LogP contribution in [0.5, 0.6) is 0 Å². The standard InChI is InChI=1S/C15H22F2N2O5/c1-8(2)10(18-13(23)24-3)11(20)19-7-14(4-9(19)12(21)22)5-15(16,17)6-14/h8-10H,4-7H2,1-3H3,(H,18,23)(H,21,22)/t9-,10-/m0/s1. The van der Waals surface area contributed by atoms with Crippen molar-refractivity contribution in [2.45, 2.75) is 51.1 Å². The van der Waals surface area contributed by atoms with Gasteiger partial charge < -0.3 is 20.1 Å². The zero-order valence-electron chi connectivity index (χ0n) is 13.8. The Morgan fingerprint density at radius 3 is 2.29 bits per heavy atom. The maximum Gasteiger partial charge on any atom is 0.407 e. The lowest BCUT2D eigenvalue weighted by molar-refractivity contribution is -0.159. The van der Waals surface area contributed by atoms with Crippen LogP contribution in [-0.2, 0) is 14.3 Å². The van der Waals surface area contributed by atoms with Gasteiger partial charge in [0.15, 0.2) is 0 Å². The molecule has 7 nitrogen and oxygen atoms in total. The Balaban J connectivity index is 2.18. The second kappa shape index (κ2) is 6.18. The van der Waals surface area contributed by atoms with Crippen LogP contribution in [0.2, 0.25) is 0 Å². The molecule has 136 valence electrons. The van der Waals surface area contributed by atoms with Gasteiger partial charge >= 0.3 is 12.1 Å². The second-order valence-electron chi connectivity index (χ2n) is 7.09. The normalized spacial score (nSPS) is 25.2. The third kappa shape index (κ3) is 3.44. The van der Waals surface area contributed by atoms with Gasteiger partial charge in [0.05, 0.1) is 7.11 Å². The number of nitrogens with one attached hydrogen (secondary N) is 1. The van der Waals surface area contributed by atoms with E-state index in [-0.39, 0.29) is 18.9 Å². The van der Waals surface area contributed by atoms with Crippen LogP contribution >= 0.6 is 0 Å². The number of hydrogen-bond donors (Lipinski definition) is 2. The Morgan fingerprint density at radius 1 is 1.29 bits per heavy atom. The molecule has 2 N–H and O–H groups in total. The molecule has 2 amide bonds. The summed E-state index contributed by atoms with van der Waals surface area (Å²) in [6.07, 6.45) is -1.63. The highest BCUT2D eigenvalue weighted by Crippen LogP contribution is 2.58. The Kier molecular flexibility index (Phi) is 4.74.